The SMILES string of the molecule is P.[Cu].[H-].[H-].[Mg+2].[Zn]. The molecule has 1 radical (unpaired) electrons. The molecule has 0 aliphatic heterocycles. The third-order valence-corrected chi connectivity index (χ3v) is 0. The van der Waals surface area contributed by atoms with E-state index in [1.165, 1.54) is 0 Å². The molecule has 4 heavy (non-hydrogen) atoms. The van der Waals surface area contributed by atoms with Crippen molar-refractivity contribution in [3.63, 3.8) is 0 Å². The van der Waals surface area contributed by atoms with Crippen LogP contribution in [0.2, 0.25) is 0 Å². The summed E-state index contributed by atoms with van der Waals surface area (Å²) in [6, 6.07) is 0. The monoisotopic (exact) mass is 187 g/mol. The van der Waals surface area contributed by atoms with E-state index < -0.39 is 0 Å². The molecular weight excluding hydrogens is 184 g/mol. The molecule has 0 amide bonds. The van der Waals surface area contributed by atoms with Crippen LogP contribution in [0.15, 0.2) is 0 Å². The van der Waals surface area contributed by atoms with E-state index in [9.17, 15) is 0 Å². The Morgan fingerprint density at radius 3 is 1.25 bits per heavy atom. The summed E-state index contributed by atoms with van der Waals surface area (Å²) in [5.74, 6) is 0. The molecule has 4 heteroatoms. The zero-order valence-electron chi connectivity index (χ0n) is 4.42. The zero-order chi connectivity index (χ0) is 0. The third-order valence-electron chi connectivity index (χ3n) is 0. The Morgan fingerprint density at radius 2 is 1.25 bits per heavy atom. The van der Waals surface area contributed by atoms with Crippen LogP contribution in [0.3, 0.4) is 0 Å². The van der Waals surface area contributed by atoms with Crippen LogP contribution in [0.25, 0.3) is 0 Å². The molecule has 0 N–H and O–H groups in total. The minimum atomic E-state index is 0. The Hall–Kier alpha value is 2.34. The summed E-state index contributed by atoms with van der Waals surface area (Å²) >= 11 is 0. The second-order valence-electron chi connectivity index (χ2n) is 0. The molecule has 0 fully saturated rings. The topological polar surface area (TPSA) is 0 Å². The van der Waals surface area contributed by atoms with E-state index in [1.807, 2.05) is 0 Å². The fourth-order valence-electron chi connectivity index (χ4n) is 0. The molecule has 0 rings (SSSR count). The number of rotatable bonds is 0. The van der Waals surface area contributed by atoms with Gasteiger partial charge in [0.1, 0.15) is 0 Å². The summed E-state index contributed by atoms with van der Waals surface area (Å²) in [6.45, 7) is 0. The fourth-order valence-corrected chi connectivity index (χ4v) is 0. The second kappa shape index (κ2) is 18.4. The molecule has 0 saturated carbocycles. The van der Waals surface area contributed by atoms with Crippen molar-refractivity contribution in [2.24, 2.45) is 0 Å². The first kappa shape index (κ1) is 33.0. The van der Waals surface area contributed by atoms with Crippen LogP contribution in [-0.2, 0) is 36.5 Å². The molecule has 0 aliphatic rings. The van der Waals surface area contributed by atoms with Crippen molar-refractivity contribution in [3.05, 3.63) is 0 Å². The van der Waals surface area contributed by atoms with E-state index in [1.54, 1.807) is 0 Å². The standard InChI is InChI=1S/Cu.Mg.H3P.Zn.2H/h;;1H3;;;/q;+2;;;2*-1. The van der Waals surface area contributed by atoms with Crippen molar-refractivity contribution >= 4 is 33.0 Å². The Labute approximate surface area is 71.8 Å². The van der Waals surface area contributed by atoms with Gasteiger partial charge in [-0.15, -0.1) is 0 Å². The maximum Gasteiger partial charge on any atom is 2.00 e. The molecule has 1 atom stereocenters. The minimum Gasteiger partial charge on any atom is -1.00 e. The van der Waals surface area contributed by atoms with Crippen LogP contribution in [0, 0.1) is 0 Å². The summed E-state index contributed by atoms with van der Waals surface area (Å²) in [5, 5.41) is 0. The van der Waals surface area contributed by atoms with Gasteiger partial charge in [-0.1, -0.05) is 0 Å². The van der Waals surface area contributed by atoms with Crippen LogP contribution >= 0.6 is 9.90 Å². The molecule has 0 aromatic carbocycles. The minimum absolute atomic E-state index is 0. The molecule has 1 unspecified atom stereocenters. The van der Waals surface area contributed by atoms with Crippen molar-refractivity contribution in [3.8, 4) is 0 Å². The van der Waals surface area contributed by atoms with Crippen molar-refractivity contribution in [1.29, 1.82) is 0 Å². The van der Waals surface area contributed by atoms with Crippen molar-refractivity contribution < 1.29 is 39.4 Å². The van der Waals surface area contributed by atoms with Gasteiger partial charge < -0.3 is 2.85 Å². The normalized spacial score (nSPS) is 0. The van der Waals surface area contributed by atoms with Crippen LogP contribution in [0.4, 0.5) is 0 Å². The van der Waals surface area contributed by atoms with E-state index in [0.29, 0.717) is 0 Å². The molecule has 0 heterocycles. The summed E-state index contributed by atoms with van der Waals surface area (Å²) in [7, 11) is 0. The van der Waals surface area contributed by atoms with Crippen LogP contribution in [-0.4, -0.2) is 23.1 Å². The molecule has 0 bridgehead atoms. The van der Waals surface area contributed by atoms with E-state index in [-0.39, 0.29) is 72.4 Å². The van der Waals surface area contributed by atoms with E-state index in [2.05, 4.69) is 0 Å². The van der Waals surface area contributed by atoms with Crippen LogP contribution in [0.1, 0.15) is 2.85 Å². The molecule has 0 saturated heterocycles. The van der Waals surface area contributed by atoms with Gasteiger partial charge in [0.05, 0.1) is 0 Å². The van der Waals surface area contributed by atoms with E-state index in [4.69, 9.17) is 0 Å². The number of hydrogen-bond donors (Lipinski definition) is 0. The van der Waals surface area contributed by atoms with Gasteiger partial charge in [0, 0.05) is 36.5 Å². The molecule has 0 aromatic rings. The van der Waals surface area contributed by atoms with Crippen molar-refractivity contribution in [1.82, 2.24) is 0 Å². The van der Waals surface area contributed by atoms with Gasteiger partial charge >= 0.3 is 23.1 Å². The number of hydrogen-bond acceptors (Lipinski definition) is 0. The smallest absolute Gasteiger partial charge is 1.00 e. The third kappa shape index (κ3) is 8.84. The summed E-state index contributed by atoms with van der Waals surface area (Å²) in [4.78, 5) is 0. The first-order valence-electron chi connectivity index (χ1n) is 0. The largest absolute Gasteiger partial charge is 2.00 e. The molecule has 0 aromatic heterocycles. The predicted molar refractivity (Wildman–Crippen MR) is 19.1 cm³/mol. The molecular formula is H5CuMgPZn. The van der Waals surface area contributed by atoms with Crippen molar-refractivity contribution in [2.45, 2.75) is 0 Å². The quantitative estimate of drug-likeness (QED) is 0.369. The molecule has 0 aliphatic carbocycles. The fraction of sp³-hybridized carbons (Fsp3) is 0. The van der Waals surface area contributed by atoms with E-state index in [0.717, 1.165) is 0 Å². The summed E-state index contributed by atoms with van der Waals surface area (Å²) < 4.78 is 0. The van der Waals surface area contributed by atoms with Crippen molar-refractivity contribution in [2.75, 3.05) is 0 Å². The Morgan fingerprint density at radius 1 is 1.25 bits per heavy atom. The predicted octanol–water partition coefficient (Wildman–Crippen LogP) is -0.103. The van der Waals surface area contributed by atoms with E-state index >= 15 is 0 Å². The van der Waals surface area contributed by atoms with Gasteiger partial charge in [0.25, 0.3) is 0 Å². The first-order valence-corrected chi connectivity index (χ1v) is 0. The molecule has 25 valence electrons. The maximum absolute atomic E-state index is 0. The Balaban J connectivity index is 0. The maximum atomic E-state index is 0. The summed E-state index contributed by atoms with van der Waals surface area (Å²) in [6.07, 6.45) is 0. The first-order chi connectivity index (χ1) is 0. The van der Waals surface area contributed by atoms with Gasteiger partial charge in [0.2, 0.25) is 0 Å². The molecule has 0 spiro atoms. The zero-order valence-corrected chi connectivity index (χ0v) is 9.16. The van der Waals surface area contributed by atoms with Crippen LogP contribution < -0.4 is 0 Å². The average molecular weight is 189 g/mol. The van der Waals surface area contributed by atoms with Gasteiger partial charge in [-0.25, -0.2) is 0 Å². The Bertz CT molecular complexity index is 13.5. The van der Waals surface area contributed by atoms with Gasteiger partial charge in [-0.3, -0.25) is 0 Å². The van der Waals surface area contributed by atoms with Gasteiger partial charge in [-0.05, 0) is 0 Å². The van der Waals surface area contributed by atoms with Gasteiger partial charge in [-0.2, -0.15) is 9.90 Å². The second-order valence-corrected chi connectivity index (χ2v) is 0. The molecule has 0 nitrogen and oxygen atoms in total. The van der Waals surface area contributed by atoms with Crippen LogP contribution in [0.5, 0.6) is 0 Å². The van der Waals surface area contributed by atoms with Gasteiger partial charge in [0.15, 0.2) is 0 Å². The Kier molecular flexibility index (Phi) is 152. The average Bonchev–Trinajstić information content (AvgIpc) is 0. The summed E-state index contributed by atoms with van der Waals surface area (Å²) in [5.41, 5.74) is 0.